The first-order chi connectivity index (χ1) is 7.84. The molecule has 0 aromatic heterocycles. The van der Waals surface area contributed by atoms with Crippen LogP contribution in [0.2, 0.25) is 0 Å². The third-order valence-electron chi connectivity index (χ3n) is 3.56. The number of alkyl carbamates (subject to hydrolysis) is 1. The molecule has 2 saturated carbocycles. The van der Waals surface area contributed by atoms with Crippen LogP contribution in [-0.4, -0.2) is 18.2 Å². The van der Waals surface area contributed by atoms with Crippen molar-refractivity contribution in [2.24, 2.45) is 0 Å². The molecule has 1 atom stereocenters. The Morgan fingerprint density at radius 2 is 1.81 bits per heavy atom. The van der Waals surface area contributed by atoms with Gasteiger partial charge in [0.1, 0.15) is 6.10 Å². The lowest BCUT2D eigenvalue weighted by atomic mass is 9.96. The summed E-state index contributed by atoms with van der Waals surface area (Å²) in [6.45, 7) is 0. The monoisotopic (exact) mass is 224 g/mol. The summed E-state index contributed by atoms with van der Waals surface area (Å²) in [7, 11) is 0. The molecule has 1 N–H and O–H groups in total. The van der Waals surface area contributed by atoms with Crippen molar-refractivity contribution in [3.8, 4) is 0 Å². The van der Waals surface area contributed by atoms with Gasteiger partial charge >= 0.3 is 6.09 Å². The zero-order valence-corrected chi connectivity index (χ0v) is 9.91. The van der Waals surface area contributed by atoms with Gasteiger partial charge in [0, 0.05) is 12.5 Å². The van der Waals surface area contributed by atoms with Gasteiger partial charge in [0.25, 0.3) is 0 Å². The molecular formula is C13H22NO2. The van der Waals surface area contributed by atoms with Crippen LogP contribution in [0.25, 0.3) is 0 Å². The minimum absolute atomic E-state index is 0.0531. The minimum atomic E-state index is -0.213. The van der Waals surface area contributed by atoms with Crippen molar-refractivity contribution in [1.29, 1.82) is 0 Å². The van der Waals surface area contributed by atoms with Crippen molar-refractivity contribution in [2.45, 2.75) is 69.9 Å². The van der Waals surface area contributed by atoms with Gasteiger partial charge in [-0.15, -0.1) is 0 Å². The van der Waals surface area contributed by atoms with Crippen LogP contribution in [-0.2, 0) is 4.74 Å². The molecule has 1 radical (unpaired) electrons. The highest BCUT2D eigenvalue weighted by molar-refractivity contribution is 5.67. The van der Waals surface area contributed by atoms with Gasteiger partial charge in [-0.05, 0) is 32.1 Å². The van der Waals surface area contributed by atoms with E-state index in [0.29, 0.717) is 6.04 Å². The van der Waals surface area contributed by atoms with Crippen molar-refractivity contribution in [2.75, 3.05) is 0 Å². The number of hydrogen-bond donors (Lipinski definition) is 1. The predicted molar refractivity (Wildman–Crippen MR) is 63.0 cm³/mol. The fraction of sp³-hybridized carbons (Fsp3) is 0.846. The number of rotatable bonds is 2. The zero-order valence-electron chi connectivity index (χ0n) is 9.91. The lowest BCUT2D eigenvalue weighted by Gasteiger charge is -2.25. The van der Waals surface area contributed by atoms with Crippen LogP contribution in [0.5, 0.6) is 0 Å². The lowest BCUT2D eigenvalue weighted by molar-refractivity contribution is 0.0944. The maximum Gasteiger partial charge on any atom is 0.407 e. The molecule has 3 heteroatoms. The third-order valence-corrected chi connectivity index (χ3v) is 3.56. The predicted octanol–water partition coefficient (Wildman–Crippen LogP) is 3.19. The lowest BCUT2D eigenvalue weighted by Crippen LogP contribution is -2.38. The molecule has 0 saturated heterocycles. The zero-order chi connectivity index (χ0) is 11.2. The SMILES string of the molecule is O=C(NC1CCCCC1)OC1[CH]CCCC1. The van der Waals surface area contributed by atoms with Crippen molar-refractivity contribution in [3.63, 3.8) is 0 Å². The van der Waals surface area contributed by atoms with E-state index in [0.717, 1.165) is 25.7 Å². The van der Waals surface area contributed by atoms with Crippen LogP contribution in [0.3, 0.4) is 0 Å². The highest BCUT2D eigenvalue weighted by Crippen LogP contribution is 2.20. The Bertz CT molecular complexity index is 196. The molecule has 1 unspecified atom stereocenters. The molecule has 16 heavy (non-hydrogen) atoms. The molecule has 0 bridgehead atoms. The Balaban J connectivity index is 1.66. The molecule has 0 spiro atoms. The molecule has 0 aromatic rings. The summed E-state index contributed by atoms with van der Waals surface area (Å²) in [6.07, 6.45) is 12.5. The minimum Gasteiger partial charge on any atom is -0.446 e. The molecule has 0 aliphatic heterocycles. The van der Waals surface area contributed by atoms with Gasteiger partial charge in [-0.2, -0.15) is 0 Å². The van der Waals surface area contributed by atoms with E-state index in [1.54, 1.807) is 0 Å². The topological polar surface area (TPSA) is 38.3 Å². The number of nitrogens with one attached hydrogen (secondary N) is 1. The molecule has 2 fully saturated rings. The fourth-order valence-electron chi connectivity index (χ4n) is 2.60. The summed E-state index contributed by atoms with van der Waals surface area (Å²) in [5, 5.41) is 2.98. The van der Waals surface area contributed by atoms with Gasteiger partial charge in [-0.25, -0.2) is 4.79 Å². The Morgan fingerprint density at radius 3 is 2.50 bits per heavy atom. The number of amides is 1. The van der Waals surface area contributed by atoms with Crippen molar-refractivity contribution in [1.82, 2.24) is 5.32 Å². The Hall–Kier alpha value is -0.730. The standard InChI is InChI=1S/C13H22NO2/c15-13(14-11-7-3-1-4-8-11)16-12-9-5-2-6-10-12/h9,11-12H,1-8,10H2,(H,14,15). The first-order valence-corrected chi connectivity index (χ1v) is 6.65. The maximum absolute atomic E-state index is 11.6. The van der Waals surface area contributed by atoms with Crippen LogP contribution >= 0.6 is 0 Å². The summed E-state index contributed by atoms with van der Waals surface area (Å²) in [5.74, 6) is 0. The number of carbonyl (C=O) groups excluding carboxylic acids is 1. The molecule has 2 rings (SSSR count). The van der Waals surface area contributed by atoms with Gasteiger partial charge < -0.3 is 10.1 Å². The van der Waals surface area contributed by atoms with E-state index in [4.69, 9.17) is 4.74 Å². The summed E-state index contributed by atoms with van der Waals surface area (Å²) in [6, 6.07) is 0.352. The fourth-order valence-corrected chi connectivity index (χ4v) is 2.60. The van der Waals surface area contributed by atoms with Gasteiger partial charge in [0.05, 0.1) is 0 Å². The first kappa shape index (κ1) is 11.7. The molecule has 2 aliphatic carbocycles. The van der Waals surface area contributed by atoms with Crippen molar-refractivity contribution < 1.29 is 9.53 Å². The smallest absolute Gasteiger partial charge is 0.407 e. The molecule has 2 aliphatic rings. The van der Waals surface area contributed by atoms with Gasteiger partial charge in [-0.3, -0.25) is 0 Å². The molecule has 91 valence electrons. The van der Waals surface area contributed by atoms with Crippen molar-refractivity contribution >= 4 is 6.09 Å². The summed E-state index contributed by atoms with van der Waals surface area (Å²) >= 11 is 0. The van der Waals surface area contributed by atoms with Crippen LogP contribution < -0.4 is 5.32 Å². The second-order valence-electron chi connectivity index (χ2n) is 4.94. The number of ether oxygens (including phenoxy) is 1. The van der Waals surface area contributed by atoms with E-state index in [-0.39, 0.29) is 12.2 Å². The second kappa shape index (κ2) is 6.12. The van der Waals surface area contributed by atoms with Gasteiger partial charge in [-0.1, -0.05) is 25.7 Å². The Kier molecular flexibility index (Phi) is 4.49. The van der Waals surface area contributed by atoms with E-state index in [2.05, 4.69) is 11.7 Å². The van der Waals surface area contributed by atoms with E-state index in [1.807, 2.05) is 0 Å². The van der Waals surface area contributed by atoms with Gasteiger partial charge in [0.15, 0.2) is 0 Å². The molecule has 0 aromatic carbocycles. The van der Waals surface area contributed by atoms with E-state index < -0.39 is 0 Å². The van der Waals surface area contributed by atoms with Crippen LogP contribution in [0.15, 0.2) is 0 Å². The summed E-state index contributed by atoms with van der Waals surface area (Å²) in [4.78, 5) is 11.6. The van der Waals surface area contributed by atoms with Gasteiger partial charge in [0.2, 0.25) is 0 Å². The number of carbonyl (C=O) groups is 1. The highest BCUT2D eigenvalue weighted by atomic mass is 16.6. The molecular weight excluding hydrogens is 202 g/mol. The number of hydrogen-bond acceptors (Lipinski definition) is 2. The second-order valence-corrected chi connectivity index (χ2v) is 4.94. The normalized spacial score (nSPS) is 24.0. The Labute approximate surface area is 97.9 Å². The first-order valence-electron chi connectivity index (χ1n) is 6.65. The highest BCUT2D eigenvalue weighted by Gasteiger charge is 2.20. The molecule has 0 heterocycles. The largest absolute Gasteiger partial charge is 0.446 e. The van der Waals surface area contributed by atoms with Crippen LogP contribution in [0.1, 0.15) is 57.8 Å². The summed E-state index contributed by atoms with van der Waals surface area (Å²) in [5.41, 5.74) is 0. The van der Waals surface area contributed by atoms with Crippen LogP contribution in [0.4, 0.5) is 4.79 Å². The van der Waals surface area contributed by atoms with E-state index >= 15 is 0 Å². The molecule has 3 nitrogen and oxygen atoms in total. The average molecular weight is 224 g/mol. The Morgan fingerprint density at radius 1 is 1.06 bits per heavy atom. The van der Waals surface area contributed by atoms with E-state index in [1.165, 1.54) is 32.1 Å². The third kappa shape index (κ3) is 3.69. The maximum atomic E-state index is 11.6. The van der Waals surface area contributed by atoms with Crippen LogP contribution in [0, 0.1) is 6.42 Å². The molecule has 1 amide bonds. The summed E-state index contributed by atoms with van der Waals surface area (Å²) < 4.78 is 5.39. The van der Waals surface area contributed by atoms with Crippen molar-refractivity contribution in [3.05, 3.63) is 6.42 Å². The quantitative estimate of drug-likeness (QED) is 0.782. The average Bonchev–Trinajstić information content (AvgIpc) is 2.31. The van der Waals surface area contributed by atoms with E-state index in [9.17, 15) is 4.79 Å².